The van der Waals surface area contributed by atoms with Crippen molar-refractivity contribution < 1.29 is 9.47 Å². The number of ether oxygens (including phenoxy) is 2. The predicted octanol–water partition coefficient (Wildman–Crippen LogP) is 3.91. The van der Waals surface area contributed by atoms with Crippen LogP contribution in [0.5, 0.6) is 11.5 Å². The Morgan fingerprint density at radius 3 is 2.71 bits per heavy atom. The molecule has 0 spiro atoms. The fourth-order valence-corrected chi connectivity index (χ4v) is 2.47. The molecule has 2 aromatic rings. The van der Waals surface area contributed by atoms with Crippen molar-refractivity contribution in [2.75, 3.05) is 13.2 Å². The van der Waals surface area contributed by atoms with E-state index in [-0.39, 0.29) is 0 Å². The van der Waals surface area contributed by atoms with E-state index in [1.54, 1.807) is 6.07 Å². The topological polar surface area (TPSA) is 44.2 Å². The quantitative estimate of drug-likeness (QED) is 0.806. The third-order valence-electron chi connectivity index (χ3n) is 3.26. The molecule has 0 bridgehead atoms. The van der Waals surface area contributed by atoms with E-state index in [2.05, 4.69) is 16.9 Å². The summed E-state index contributed by atoms with van der Waals surface area (Å²) >= 11 is 6.10. The number of hydrogen-bond acceptors (Lipinski definition) is 4. The minimum Gasteiger partial charge on any atom is -0.490 e. The van der Waals surface area contributed by atoms with Gasteiger partial charge in [0.25, 0.3) is 0 Å². The van der Waals surface area contributed by atoms with E-state index in [0.29, 0.717) is 18.4 Å². The SMILES string of the molecule is CCCc1nc(Cl)cc(-c2ccc3c(c2)OCCCO3)n1. The van der Waals surface area contributed by atoms with Crippen molar-refractivity contribution in [3.8, 4) is 22.8 Å². The number of aryl methyl sites for hydroxylation is 1. The van der Waals surface area contributed by atoms with Gasteiger partial charge in [-0.25, -0.2) is 9.97 Å². The van der Waals surface area contributed by atoms with Crippen LogP contribution in [-0.2, 0) is 6.42 Å². The molecule has 0 N–H and O–H groups in total. The maximum absolute atomic E-state index is 6.10. The molecule has 1 aliphatic rings. The molecule has 5 heteroatoms. The number of rotatable bonds is 3. The van der Waals surface area contributed by atoms with Gasteiger partial charge in [-0.1, -0.05) is 18.5 Å². The number of hydrogen-bond donors (Lipinski definition) is 0. The van der Waals surface area contributed by atoms with Crippen molar-refractivity contribution in [2.24, 2.45) is 0 Å². The normalized spacial score (nSPS) is 13.8. The third-order valence-corrected chi connectivity index (χ3v) is 3.45. The summed E-state index contributed by atoms with van der Waals surface area (Å²) in [5, 5.41) is 0.468. The first-order valence-corrected chi connectivity index (χ1v) is 7.57. The Bertz CT molecular complexity index is 646. The number of nitrogens with zero attached hydrogens (tertiary/aromatic N) is 2. The summed E-state index contributed by atoms with van der Waals surface area (Å²) in [6.07, 6.45) is 2.70. The van der Waals surface area contributed by atoms with E-state index in [1.165, 1.54) is 0 Å². The highest BCUT2D eigenvalue weighted by Crippen LogP contribution is 2.34. The maximum atomic E-state index is 6.10. The molecule has 0 radical (unpaired) electrons. The van der Waals surface area contributed by atoms with Crippen LogP contribution >= 0.6 is 11.6 Å². The van der Waals surface area contributed by atoms with E-state index in [0.717, 1.165) is 47.8 Å². The monoisotopic (exact) mass is 304 g/mol. The fraction of sp³-hybridized carbons (Fsp3) is 0.375. The highest BCUT2D eigenvalue weighted by atomic mass is 35.5. The highest BCUT2D eigenvalue weighted by Gasteiger charge is 2.13. The Morgan fingerprint density at radius 1 is 1.10 bits per heavy atom. The van der Waals surface area contributed by atoms with Gasteiger partial charge in [0.15, 0.2) is 11.5 Å². The Hall–Kier alpha value is -1.81. The van der Waals surface area contributed by atoms with E-state index in [9.17, 15) is 0 Å². The van der Waals surface area contributed by atoms with E-state index < -0.39 is 0 Å². The molecule has 0 fully saturated rings. The van der Waals surface area contributed by atoms with Crippen LogP contribution in [0.3, 0.4) is 0 Å². The zero-order valence-electron chi connectivity index (χ0n) is 11.9. The van der Waals surface area contributed by atoms with Gasteiger partial charge >= 0.3 is 0 Å². The van der Waals surface area contributed by atoms with Crippen LogP contribution < -0.4 is 9.47 Å². The molecule has 1 aromatic carbocycles. The van der Waals surface area contributed by atoms with Gasteiger partial charge in [0.2, 0.25) is 0 Å². The van der Waals surface area contributed by atoms with Gasteiger partial charge in [0, 0.05) is 24.5 Å². The molecular formula is C16H17ClN2O2. The van der Waals surface area contributed by atoms with Crippen molar-refractivity contribution in [3.05, 3.63) is 35.2 Å². The first-order chi connectivity index (χ1) is 10.3. The van der Waals surface area contributed by atoms with Crippen LogP contribution in [0.4, 0.5) is 0 Å². The van der Waals surface area contributed by atoms with Crippen LogP contribution in [0.15, 0.2) is 24.3 Å². The van der Waals surface area contributed by atoms with Crippen molar-refractivity contribution in [3.63, 3.8) is 0 Å². The summed E-state index contributed by atoms with van der Waals surface area (Å²) in [6, 6.07) is 7.63. The zero-order chi connectivity index (χ0) is 14.7. The van der Waals surface area contributed by atoms with Gasteiger partial charge in [-0.05, 0) is 24.6 Å². The Morgan fingerprint density at radius 2 is 1.90 bits per heavy atom. The Balaban J connectivity index is 1.98. The molecule has 110 valence electrons. The molecule has 21 heavy (non-hydrogen) atoms. The number of aromatic nitrogens is 2. The Labute approximate surface area is 129 Å². The van der Waals surface area contributed by atoms with Gasteiger partial charge in [0.1, 0.15) is 11.0 Å². The van der Waals surface area contributed by atoms with Gasteiger partial charge in [-0.3, -0.25) is 0 Å². The number of benzene rings is 1. The molecule has 0 saturated heterocycles. The summed E-state index contributed by atoms with van der Waals surface area (Å²) in [6.45, 7) is 3.45. The smallest absolute Gasteiger partial charge is 0.161 e. The summed E-state index contributed by atoms with van der Waals surface area (Å²) in [5.74, 6) is 2.31. The predicted molar refractivity (Wildman–Crippen MR) is 82.1 cm³/mol. The lowest BCUT2D eigenvalue weighted by Gasteiger charge is -2.10. The maximum Gasteiger partial charge on any atom is 0.161 e. The Kier molecular flexibility index (Phi) is 4.25. The van der Waals surface area contributed by atoms with Crippen molar-refractivity contribution in [1.29, 1.82) is 0 Å². The van der Waals surface area contributed by atoms with Gasteiger partial charge in [-0.2, -0.15) is 0 Å². The molecule has 0 aliphatic carbocycles. The van der Waals surface area contributed by atoms with Crippen LogP contribution in [0, 0.1) is 0 Å². The minimum absolute atomic E-state index is 0.468. The average molecular weight is 305 g/mol. The standard InChI is InChI=1S/C16H17ClN2O2/c1-2-4-16-18-12(10-15(17)19-16)11-5-6-13-14(9-11)21-8-3-7-20-13/h5-6,9-10H,2-4,7-8H2,1H3. The summed E-state index contributed by atoms with van der Waals surface area (Å²) in [5.41, 5.74) is 1.77. The molecule has 3 rings (SSSR count). The highest BCUT2D eigenvalue weighted by molar-refractivity contribution is 6.29. The van der Waals surface area contributed by atoms with Crippen LogP contribution in [-0.4, -0.2) is 23.2 Å². The minimum atomic E-state index is 0.468. The molecule has 2 heterocycles. The van der Waals surface area contributed by atoms with Crippen LogP contribution in [0.25, 0.3) is 11.3 Å². The van der Waals surface area contributed by atoms with Crippen molar-refractivity contribution in [1.82, 2.24) is 9.97 Å². The first-order valence-electron chi connectivity index (χ1n) is 7.20. The summed E-state index contributed by atoms with van der Waals surface area (Å²) in [7, 11) is 0. The zero-order valence-corrected chi connectivity index (χ0v) is 12.7. The molecular weight excluding hydrogens is 288 g/mol. The summed E-state index contributed by atoms with van der Waals surface area (Å²) < 4.78 is 11.4. The van der Waals surface area contributed by atoms with Crippen molar-refractivity contribution >= 4 is 11.6 Å². The summed E-state index contributed by atoms with van der Waals surface area (Å²) in [4.78, 5) is 8.82. The lowest BCUT2D eigenvalue weighted by molar-refractivity contribution is 0.297. The van der Waals surface area contributed by atoms with E-state index >= 15 is 0 Å². The largest absolute Gasteiger partial charge is 0.490 e. The molecule has 0 unspecified atom stereocenters. The molecule has 1 aliphatic heterocycles. The number of halogens is 1. The lowest BCUT2D eigenvalue weighted by atomic mass is 10.1. The second-order valence-corrected chi connectivity index (χ2v) is 5.34. The van der Waals surface area contributed by atoms with Gasteiger partial charge in [-0.15, -0.1) is 0 Å². The van der Waals surface area contributed by atoms with E-state index in [1.807, 2.05) is 18.2 Å². The third kappa shape index (κ3) is 3.27. The van der Waals surface area contributed by atoms with Crippen LogP contribution in [0.1, 0.15) is 25.6 Å². The second-order valence-electron chi connectivity index (χ2n) is 4.95. The van der Waals surface area contributed by atoms with Crippen molar-refractivity contribution in [2.45, 2.75) is 26.2 Å². The van der Waals surface area contributed by atoms with Crippen LogP contribution in [0.2, 0.25) is 5.15 Å². The van der Waals surface area contributed by atoms with Gasteiger partial charge in [0.05, 0.1) is 18.9 Å². The molecule has 1 aromatic heterocycles. The molecule has 4 nitrogen and oxygen atoms in total. The molecule has 0 amide bonds. The lowest BCUT2D eigenvalue weighted by Crippen LogP contribution is -1.98. The molecule has 0 saturated carbocycles. The molecule has 0 atom stereocenters. The number of fused-ring (bicyclic) bond motifs is 1. The van der Waals surface area contributed by atoms with Gasteiger partial charge < -0.3 is 9.47 Å². The van der Waals surface area contributed by atoms with E-state index in [4.69, 9.17) is 21.1 Å². The average Bonchev–Trinajstić information content (AvgIpc) is 2.71. The fourth-order valence-electron chi connectivity index (χ4n) is 2.27. The second kappa shape index (κ2) is 6.31. The first kappa shape index (κ1) is 14.1.